The van der Waals surface area contributed by atoms with E-state index in [1.54, 1.807) is 6.20 Å². The zero-order valence-corrected chi connectivity index (χ0v) is 16.9. The standard InChI is InChI=1S/C20H13BrN2O4S/c21-19-22-7-11(28-19)8-23-14-4-2-1-3-12(14)20(18(23)24)9-25-15-6-17-16(5-13(15)20)26-10-27-17/h1-7H,8-10H2. The van der Waals surface area contributed by atoms with Crippen molar-refractivity contribution in [3.63, 3.8) is 0 Å². The van der Waals surface area contributed by atoms with Crippen molar-refractivity contribution in [3.05, 3.63) is 62.5 Å². The number of halogens is 1. The number of hydrogen-bond acceptors (Lipinski definition) is 6. The molecule has 28 heavy (non-hydrogen) atoms. The summed E-state index contributed by atoms with van der Waals surface area (Å²) in [5, 5.41) is 0. The van der Waals surface area contributed by atoms with Crippen LogP contribution in [0.15, 0.2) is 46.5 Å². The highest BCUT2D eigenvalue weighted by atomic mass is 79.9. The first-order chi connectivity index (χ1) is 13.7. The van der Waals surface area contributed by atoms with Crippen LogP contribution in [0.25, 0.3) is 0 Å². The number of ether oxygens (including phenoxy) is 3. The van der Waals surface area contributed by atoms with E-state index < -0.39 is 5.41 Å². The highest BCUT2D eigenvalue weighted by Gasteiger charge is 2.57. The number of anilines is 1. The summed E-state index contributed by atoms with van der Waals surface area (Å²) >= 11 is 4.92. The average Bonchev–Trinajstić information content (AvgIpc) is 3.45. The van der Waals surface area contributed by atoms with Crippen molar-refractivity contribution < 1.29 is 19.0 Å². The van der Waals surface area contributed by atoms with Gasteiger partial charge in [0.25, 0.3) is 0 Å². The van der Waals surface area contributed by atoms with Gasteiger partial charge in [0.05, 0.1) is 6.54 Å². The molecule has 0 aliphatic carbocycles. The van der Waals surface area contributed by atoms with Gasteiger partial charge in [-0.15, -0.1) is 11.3 Å². The van der Waals surface area contributed by atoms with Crippen molar-refractivity contribution in [1.82, 2.24) is 4.98 Å². The van der Waals surface area contributed by atoms with Crippen LogP contribution in [-0.4, -0.2) is 24.3 Å². The summed E-state index contributed by atoms with van der Waals surface area (Å²) < 4.78 is 17.8. The van der Waals surface area contributed by atoms with Gasteiger partial charge in [0, 0.05) is 28.4 Å². The van der Waals surface area contributed by atoms with Crippen LogP contribution in [0.1, 0.15) is 16.0 Å². The molecule has 0 saturated carbocycles. The monoisotopic (exact) mass is 456 g/mol. The minimum absolute atomic E-state index is 0.0100. The number of carbonyl (C=O) groups is 1. The van der Waals surface area contributed by atoms with Crippen molar-refractivity contribution in [2.75, 3.05) is 18.3 Å². The highest BCUT2D eigenvalue weighted by molar-refractivity contribution is 9.11. The minimum Gasteiger partial charge on any atom is -0.491 e. The summed E-state index contributed by atoms with van der Waals surface area (Å²) in [5.74, 6) is 1.99. The topological polar surface area (TPSA) is 60.9 Å². The predicted octanol–water partition coefficient (Wildman–Crippen LogP) is 3.86. The van der Waals surface area contributed by atoms with Crippen molar-refractivity contribution in [2.24, 2.45) is 0 Å². The average molecular weight is 457 g/mol. The number of carbonyl (C=O) groups excluding carboxylic acids is 1. The Kier molecular flexibility index (Phi) is 3.34. The maximum Gasteiger partial charge on any atom is 0.246 e. The molecule has 3 aliphatic rings. The Morgan fingerprint density at radius 3 is 2.75 bits per heavy atom. The lowest BCUT2D eigenvalue weighted by molar-refractivity contribution is -0.122. The number of hydrogen-bond donors (Lipinski definition) is 0. The largest absolute Gasteiger partial charge is 0.491 e. The van der Waals surface area contributed by atoms with Gasteiger partial charge in [0.15, 0.2) is 15.4 Å². The molecule has 0 radical (unpaired) electrons. The second-order valence-corrected chi connectivity index (χ2v) is 9.27. The van der Waals surface area contributed by atoms with Gasteiger partial charge in [-0.1, -0.05) is 18.2 Å². The Labute approximate surface area is 172 Å². The van der Waals surface area contributed by atoms with Gasteiger partial charge in [0.1, 0.15) is 17.8 Å². The second kappa shape index (κ2) is 5.71. The number of benzene rings is 2. The fourth-order valence-corrected chi connectivity index (χ4v) is 5.58. The molecule has 0 saturated heterocycles. The van der Waals surface area contributed by atoms with Crippen LogP contribution in [0.5, 0.6) is 17.2 Å². The van der Waals surface area contributed by atoms with E-state index in [9.17, 15) is 4.79 Å². The molecule has 2 aromatic carbocycles. The molecule has 6 rings (SSSR count). The minimum atomic E-state index is -0.866. The summed E-state index contributed by atoms with van der Waals surface area (Å²) in [5.41, 5.74) is 1.84. The lowest BCUT2D eigenvalue weighted by atomic mass is 9.77. The molecule has 8 heteroatoms. The zero-order valence-electron chi connectivity index (χ0n) is 14.5. The molecular formula is C20H13BrN2O4S. The third-order valence-electron chi connectivity index (χ3n) is 5.48. The first-order valence-electron chi connectivity index (χ1n) is 8.75. The third-order valence-corrected chi connectivity index (χ3v) is 6.94. The van der Waals surface area contributed by atoms with Gasteiger partial charge in [-0.25, -0.2) is 4.98 Å². The van der Waals surface area contributed by atoms with Crippen molar-refractivity contribution >= 4 is 38.9 Å². The van der Waals surface area contributed by atoms with Gasteiger partial charge in [-0.05, 0) is 33.6 Å². The SMILES string of the molecule is O=C1N(Cc2cnc(Br)s2)c2ccccc2C12COc1cc3c(cc12)OCO3. The number of fused-ring (bicyclic) bond motifs is 5. The van der Waals surface area contributed by atoms with Crippen LogP contribution in [0.4, 0.5) is 5.69 Å². The fraction of sp³-hybridized carbons (Fsp3) is 0.200. The van der Waals surface area contributed by atoms with Crippen LogP contribution in [0.2, 0.25) is 0 Å². The fourth-order valence-electron chi connectivity index (χ4n) is 4.23. The number of thiazole rings is 1. The number of para-hydroxylation sites is 1. The second-order valence-electron chi connectivity index (χ2n) is 6.88. The van der Waals surface area contributed by atoms with Crippen LogP contribution in [-0.2, 0) is 16.8 Å². The zero-order chi connectivity index (χ0) is 18.9. The third kappa shape index (κ3) is 2.07. The van der Waals surface area contributed by atoms with Crippen LogP contribution < -0.4 is 19.1 Å². The molecule has 1 atom stereocenters. The Hall–Kier alpha value is -2.58. The predicted molar refractivity (Wildman–Crippen MR) is 106 cm³/mol. The van der Waals surface area contributed by atoms with E-state index in [2.05, 4.69) is 20.9 Å². The number of aromatic nitrogens is 1. The van der Waals surface area contributed by atoms with Gasteiger partial charge >= 0.3 is 0 Å². The summed E-state index contributed by atoms with van der Waals surface area (Å²) in [7, 11) is 0. The molecule has 0 N–H and O–H groups in total. The lowest BCUT2D eigenvalue weighted by Gasteiger charge is -2.22. The summed E-state index contributed by atoms with van der Waals surface area (Å²) in [6.07, 6.45) is 1.80. The van der Waals surface area contributed by atoms with E-state index in [1.807, 2.05) is 41.3 Å². The van der Waals surface area contributed by atoms with E-state index in [1.165, 1.54) is 11.3 Å². The van der Waals surface area contributed by atoms with Gasteiger partial charge in [-0.3, -0.25) is 4.79 Å². The molecular weight excluding hydrogens is 444 g/mol. The van der Waals surface area contributed by atoms with E-state index in [0.717, 1.165) is 25.6 Å². The number of rotatable bonds is 2. The molecule has 140 valence electrons. The summed E-state index contributed by atoms with van der Waals surface area (Å²) in [6.45, 7) is 0.923. The van der Waals surface area contributed by atoms with E-state index >= 15 is 0 Å². The Morgan fingerprint density at radius 1 is 1.11 bits per heavy atom. The number of amides is 1. The molecule has 1 spiro atoms. The van der Waals surface area contributed by atoms with Crippen molar-refractivity contribution in [1.29, 1.82) is 0 Å². The lowest BCUT2D eigenvalue weighted by Crippen LogP contribution is -2.42. The molecule has 6 nitrogen and oxygen atoms in total. The maximum atomic E-state index is 13.8. The Morgan fingerprint density at radius 2 is 1.93 bits per heavy atom. The maximum absolute atomic E-state index is 13.8. The normalized spacial score (nSPS) is 21.2. The summed E-state index contributed by atoms with van der Waals surface area (Å²) in [4.78, 5) is 20.9. The van der Waals surface area contributed by atoms with Crippen molar-refractivity contribution in [2.45, 2.75) is 12.0 Å². The number of nitrogens with zero attached hydrogens (tertiary/aromatic N) is 2. The van der Waals surface area contributed by atoms with Crippen LogP contribution >= 0.6 is 27.3 Å². The molecule has 1 aromatic heterocycles. The van der Waals surface area contributed by atoms with Crippen LogP contribution in [0, 0.1) is 0 Å². The quantitative estimate of drug-likeness (QED) is 0.585. The smallest absolute Gasteiger partial charge is 0.246 e. The van der Waals surface area contributed by atoms with E-state index in [-0.39, 0.29) is 19.3 Å². The van der Waals surface area contributed by atoms with Gasteiger partial charge in [0.2, 0.25) is 12.7 Å². The van der Waals surface area contributed by atoms with E-state index in [0.29, 0.717) is 23.8 Å². The van der Waals surface area contributed by atoms with Crippen molar-refractivity contribution in [3.8, 4) is 17.2 Å². The molecule has 1 unspecified atom stereocenters. The first kappa shape index (κ1) is 16.4. The molecule has 0 bridgehead atoms. The Balaban J connectivity index is 1.51. The summed E-state index contributed by atoms with van der Waals surface area (Å²) in [6, 6.07) is 11.6. The molecule has 4 heterocycles. The Bertz CT molecular complexity index is 1150. The van der Waals surface area contributed by atoms with Gasteiger partial charge < -0.3 is 19.1 Å². The first-order valence-corrected chi connectivity index (χ1v) is 10.4. The molecule has 1 amide bonds. The highest BCUT2D eigenvalue weighted by Crippen LogP contribution is 2.55. The molecule has 3 aromatic rings. The molecule has 3 aliphatic heterocycles. The van der Waals surface area contributed by atoms with Crippen LogP contribution in [0.3, 0.4) is 0 Å². The molecule has 0 fully saturated rings. The van der Waals surface area contributed by atoms with E-state index in [4.69, 9.17) is 14.2 Å². The van der Waals surface area contributed by atoms with Gasteiger partial charge in [-0.2, -0.15) is 0 Å².